The smallest absolute Gasteiger partial charge is 0.263 e. The predicted octanol–water partition coefficient (Wildman–Crippen LogP) is 8.60. The molecule has 13 nitrogen and oxygen atoms in total. The zero-order chi connectivity index (χ0) is 42.1. The molecule has 3 aliphatic heterocycles. The fourth-order valence-corrected chi connectivity index (χ4v) is 9.91. The number of imide groups is 2. The van der Waals surface area contributed by atoms with Crippen molar-refractivity contribution in [1.82, 2.24) is 34.9 Å². The van der Waals surface area contributed by atoms with E-state index in [-0.39, 0.29) is 24.8 Å². The van der Waals surface area contributed by atoms with E-state index in [2.05, 4.69) is 24.9 Å². The molecule has 14 heteroatoms. The minimum Gasteiger partial charge on any atom is -0.457 e. The van der Waals surface area contributed by atoms with Gasteiger partial charge in [-0.2, -0.15) is 5.10 Å². The summed E-state index contributed by atoms with van der Waals surface area (Å²) in [6, 6.07) is 22.3. The summed E-state index contributed by atoms with van der Waals surface area (Å²) in [5.41, 5.74) is 9.69. The Morgan fingerprint density at radius 3 is 2.25 bits per heavy atom. The third kappa shape index (κ3) is 9.81. The number of ether oxygens (including phenoxy) is 1. The highest BCUT2D eigenvalue weighted by atomic mass is 32.2. The minimum atomic E-state index is -0.947. The number of fused-ring (bicyclic) bond motifs is 2. The van der Waals surface area contributed by atoms with Gasteiger partial charge >= 0.3 is 0 Å². The largest absolute Gasteiger partial charge is 0.457 e. The molecule has 0 saturated carbocycles. The van der Waals surface area contributed by atoms with Crippen LogP contribution >= 0.6 is 11.8 Å². The second-order valence-electron chi connectivity index (χ2n) is 16.3. The summed E-state index contributed by atoms with van der Waals surface area (Å²) in [4.78, 5) is 63.9. The standard InChI is InChI=1S/C47H54N8O5S/c48-43-41-42(32-21-23-35(24-22-32)60-34-17-10-9-11-18-34)52-55(44(41)50-31-49-43)33-16-15-28-53(30-33)27-12-7-5-3-1-2-4-6-8-13-29-61-38-20-14-19-36-40(38)47(59)54(46(36)58)37-25-26-39(56)51-45(37)57/h9-11,14,17-24,31,33,37H,1-8,12-13,15-16,25-30H2,(H2,48,49,50)(H,51,56,57). The quantitative estimate of drug-likeness (QED) is 0.0465. The maximum atomic E-state index is 13.3. The average molecular weight is 843 g/mol. The van der Waals surface area contributed by atoms with Crippen LogP contribution in [0.4, 0.5) is 5.82 Å². The first-order valence-corrected chi connectivity index (χ1v) is 22.9. The summed E-state index contributed by atoms with van der Waals surface area (Å²) in [5.74, 6) is 0.974. The lowest BCUT2D eigenvalue weighted by Crippen LogP contribution is -2.54. The Labute approximate surface area is 360 Å². The number of amides is 4. The molecule has 0 radical (unpaired) electrons. The number of hydrogen-bond acceptors (Lipinski definition) is 11. The maximum Gasteiger partial charge on any atom is 0.263 e. The summed E-state index contributed by atoms with van der Waals surface area (Å²) in [6.07, 6.45) is 16.0. The van der Waals surface area contributed by atoms with Crippen molar-refractivity contribution in [3.05, 3.63) is 90.3 Å². The van der Waals surface area contributed by atoms with E-state index in [1.165, 1.54) is 57.7 Å². The van der Waals surface area contributed by atoms with Crippen LogP contribution in [0.15, 0.2) is 84.0 Å². The van der Waals surface area contributed by atoms with Crippen LogP contribution in [0.3, 0.4) is 0 Å². The Balaban J connectivity index is 0.715. The van der Waals surface area contributed by atoms with Crippen molar-refractivity contribution in [2.24, 2.45) is 0 Å². The molecule has 0 aliphatic carbocycles. The first-order chi connectivity index (χ1) is 29.9. The number of carbonyl (C=O) groups excluding carboxylic acids is 4. The highest BCUT2D eigenvalue weighted by Crippen LogP contribution is 2.37. The number of likely N-dealkylation sites (tertiary alicyclic amines) is 1. The van der Waals surface area contributed by atoms with Gasteiger partial charge < -0.3 is 15.4 Å². The number of para-hydroxylation sites is 1. The molecule has 2 unspecified atom stereocenters. The molecule has 3 N–H and O–H groups in total. The summed E-state index contributed by atoms with van der Waals surface area (Å²) in [6.45, 7) is 3.14. The van der Waals surface area contributed by atoms with Gasteiger partial charge in [-0.3, -0.25) is 29.4 Å². The normalized spacial score (nSPS) is 18.2. The summed E-state index contributed by atoms with van der Waals surface area (Å²) >= 11 is 1.60. The van der Waals surface area contributed by atoms with Gasteiger partial charge in [0.15, 0.2) is 5.65 Å². The van der Waals surface area contributed by atoms with Crippen molar-refractivity contribution in [2.45, 2.75) is 107 Å². The van der Waals surface area contributed by atoms with Crippen LogP contribution in [0.1, 0.15) is 117 Å². The fourth-order valence-electron chi connectivity index (χ4n) is 8.83. The van der Waals surface area contributed by atoms with Crippen molar-refractivity contribution in [2.75, 3.05) is 31.1 Å². The molecule has 61 heavy (non-hydrogen) atoms. The van der Waals surface area contributed by atoms with E-state index in [0.717, 1.165) is 94.7 Å². The van der Waals surface area contributed by atoms with E-state index in [1.807, 2.05) is 60.7 Å². The number of anilines is 1. The van der Waals surface area contributed by atoms with Crippen LogP contribution in [0, 0.1) is 0 Å². The fraction of sp³-hybridized carbons (Fsp3) is 0.426. The third-order valence-corrected chi connectivity index (χ3v) is 13.2. The van der Waals surface area contributed by atoms with E-state index in [0.29, 0.717) is 16.9 Å². The highest BCUT2D eigenvalue weighted by molar-refractivity contribution is 7.99. The predicted molar refractivity (Wildman–Crippen MR) is 236 cm³/mol. The van der Waals surface area contributed by atoms with Gasteiger partial charge in [-0.05, 0) is 99.5 Å². The van der Waals surface area contributed by atoms with Crippen molar-refractivity contribution < 1.29 is 23.9 Å². The highest BCUT2D eigenvalue weighted by Gasteiger charge is 2.45. The average Bonchev–Trinajstić information content (AvgIpc) is 3.79. The van der Waals surface area contributed by atoms with Gasteiger partial charge in [0.25, 0.3) is 11.8 Å². The SMILES string of the molecule is Nc1ncnc2c1c(-c1ccc(Oc3ccccc3)cc1)nn2C1CCCN(CCCCCCCCCCCCSc2cccc3c2C(=O)N(C2CCC(=O)NC2=O)C3=O)C1. The number of rotatable bonds is 19. The molecule has 318 valence electrons. The molecule has 8 rings (SSSR count). The summed E-state index contributed by atoms with van der Waals surface area (Å²) in [7, 11) is 0. The first kappa shape index (κ1) is 42.1. The maximum absolute atomic E-state index is 13.3. The number of unbranched alkanes of at least 4 members (excludes halogenated alkanes) is 9. The zero-order valence-electron chi connectivity index (χ0n) is 34.6. The van der Waals surface area contributed by atoms with Crippen LogP contribution in [-0.4, -0.2) is 84.6 Å². The Kier molecular flexibility index (Phi) is 13.7. The number of aromatic nitrogens is 4. The van der Waals surface area contributed by atoms with Gasteiger partial charge in [0.1, 0.15) is 35.4 Å². The first-order valence-electron chi connectivity index (χ1n) is 21.9. The lowest BCUT2D eigenvalue weighted by Gasteiger charge is -2.33. The van der Waals surface area contributed by atoms with Gasteiger partial charge in [0, 0.05) is 23.4 Å². The number of nitrogen functional groups attached to an aromatic ring is 1. The molecule has 2 atom stereocenters. The Morgan fingerprint density at radius 2 is 1.49 bits per heavy atom. The summed E-state index contributed by atoms with van der Waals surface area (Å²) in [5, 5.41) is 8.18. The molecule has 5 aromatic rings. The van der Waals surface area contributed by atoms with Gasteiger partial charge in [0.2, 0.25) is 11.8 Å². The van der Waals surface area contributed by atoms with Crippen LogP contribution in [0.25, 0.3) is 22.3 Å². The van der Waals surface area contributed by atoms with Gasteiger partial charge in [-0.15, -0.1) is 11.8 Å². The van der Waals surface area contributed by atoms with Crippen molar-refractivity contribution in [1.29, 1.82) is 0 Å². The molecule has 2 saturated heterocycles. The van der Waals surface area contributed by atoms with E-state index < -0.39 is 23.8 Å². The number of hydrogen-bond donors (Lipinski definition) is 2. The van der Waals surface area contributed by atoms with E-state index in [1.54, 1.807) is 23.9 Å². The lowest BCUT2D eigenvalue weighted by molar-refractivity contribution is -0.136. The van der Waals surface area contributed by atoms with E-state index in [9.17, 15) is 19.2 Å². The topological polar surface area (TPSA) is 166 Å². The van der Waals surface area contributed by atoms with Crippen LogP contribution in [0.2, 0.25) is 0 Å². The Bertz CT molecular complexity index is 2350. The molecule has 2 aromatic heterocycles. The third-order valence-electron chi connectivity index (χ3n) is 12.0. The molecular formula is C47H54N8O5S. The summed E-state index contributed by atoms with van der Waals surface area (Å²) < 4.78 is 8.10. The van der Waals surface area contributed by atoms with Crippen LogP contribution in [0.5, 0.6) is 11.5 Å². The molecule has 0 spiro atoms. The number of thioether (sulfide) groups is 1. The van der Waals surface area contributed by atoms with Crippen LogP contribution < -0.4 is 15.8 Å². The molecule has 2 fully saturated rings. The van der Waals surface area contributed by atoms with Crippen molar-refractivity contribution >= 4 is 52.2 Å². The molecule has 3 aromatic carbocycles. The van der Waals surface area contributed by atoms with E-state index in [4.69, 9.17) is 15.6 Å². The number of piperidine rings is 2. The second-order valence-corrected chi connectivity index (χ2v) is 17.4. The zero-order valence-corrected chi connectivity index (χ0v) is 35.4. The minimum absolute atomic E-state index is 0.110. The van der Waals surface area contributed by atoms with E-state index >= 15 is 0 Å². The van der Waals surface area contributed by atoms with Crippen LogP contribution in [-0.2, 0) is 9.59 Å². The number of carbonyl (C=O) groups is 4. The molecule has 3 aliphatic rings. The number of nitrogens with zero attached hydrogens (tertiary/aromatic N) is 6. The van der Waals surface area contributed by atoms with Gasteiger partial charge in [-0.25, -0.2) is 14.6 Å². The van der Waals surface area contributed by atoms with Crippen molar-refractivity contribution in [3.8, 4) is 22.8 Å². The Morgan fingerprint density at radius 1 is 0.770 bits per heavy atom. The molecule has 5 heterocycles. The molecular weight excluding hydrogens is 789 g/mol. The van der Waals surface area contributed by atoms with Gasteiger partial charge in [-0.1, -0.05) is 75.6 Å². The molecule has 0 bridgehead atoms. The lowest BCUT2D eigenvalue weighted by atomic mass is 10.0. The number of nitrogens with one attached hydrogen (secondary N) is 1. The second kappa shape index (κ2) is 19.9. The Hall–Kier alpha value is -5.60. The monoisotopic (exact) mass is 842 g/mol. The number of nitrogens with two attached hydrogens (primary N) is 1. The van der Waals surface area contributed by atoms with Gasteiger partial charge in [0.05, 0.1) is 22.6 Å². The molecule has 4 amide bonds. The number of benzene rings is 3. The van der Waals surface area contributed by atoms with Crippen molar-refractivity contribution in [3.63, 3.8) is 0 Å².